The van der Waals surface area contributed by atoms with Gasteiger partial charge in [-0.05, 0) is 61.9 Å². The monoisotopic (exact) mass is 518 g/mol. The van der Waals surface area contributed by atoms with Crippen LogP contribution < -0.4 is 0 Å². The van der Waals surface area contributed by atoms with Gasteiger partial charge in [-0.3, -0.25) is 9.59 Å². The molecule has 34 heavy (non-hydrogen) atoms. The Bertz CT molecular complexity index is 566. The van der Waals surface area contributed by atoms with E-state index in [2.05, 4.69) is 67.7 Å². The van der Waals surface area contributed by atoms with Gasteiger partial charge < -0.3 is 18.3 Å². The highest BCUT2D eigenvalue weighted by Crippen LogP contribution is 2.41. The number of carbonyl (C=O) groups is 2. The predicted molar refractivity (Wildman–Crippen MR) is 145 cm³/mol. The first-order valence-electron chi connectivity index (χ1n) is 12.9. The second kappa shape index (κ2) is 14.1. The maximum absolute atomic E-state index is 11.6. The lowest BCUT2D eigenvalue weighted by Gasteiger charge is -2.45. The number of hydrogen-bond donors (Lipinski definition) is 0. The standard InChI is InChI=1S/C26H54O6Si2/c1-25(2,3)33(9,10)31-21(17-13-15-19-23(27)29-7)22(18-14-16-20-24(28)30-8)32-34(11,12)26(4,5)6/h21-22H,13-20H2,1-12H3/t21-,22+. The Labute approximate surface area is 212 Å². The molecule has 0 heterocycles. The van der Waals surface area contributed by atoms with E-state index in [0.717, 1.165) is 38.5 Å². The number of carbonyl (C=O) groups excluding carboxylic acids is 2. The third kappa shape index (κ3) is 11.8. The number of methoxy groups -OCH3 is 2. The third-order valence-corrected chi connectivity index (χ3v) is 16.6. The average Bonchev–Trinajstić information content (AvgIpc) is 2.70. The van der Waals surface area contributed by atoms with E-state index in [1.807, 2.05) is 0 Å². The second-order valence-electron chi connectivity index (χ2n) is 12.5. The molecule has 0 fully saturated rings. The van der Waals surface area contributed by atoms with Crippen LogP contribution in [0.2, 0.25) is 36.3 Å². The van der Waals surface area contributed by atoms with E-state index >= 15 is 0 Å². The van der Waals surface area contributed by atoms with Crippen LogP contribution >= 0.6 is 0 Å². The highest BCUT2D eigenvalue weighted by molar-refractivity contribution is 6.74. The first kappa shape index (κ1) is 33.3. The fourth-order valence-corrected chi connectivity index (χ4v) is 5.95. The lowest BCUT2D eigenvalue weighted by Crippen LogP contribution is -2.52. The molecule has 0 aliphatic heterocycles. The van der Waals surface area contributed by atoms with E-state index in [4.69, 9.17) is 18.3 Å². The molecule has 0 saturated carbocycles. The summed E-state index contributed by atoms with van der Waals surface area (Å²) in [5, 5.41) is 0.174. The molecule has 2 atom stereocenters. The largest absolute Gasteiger partial charge is 0.469 e. The van der Waals surface area contributed by atoms with Crippen molar-refractivity contribution in [2.24, 2.45) is 0 Å². The molecule has 0 aromatic heterocycles. The lowest BCUT2D eigenvalue weighted by molar-refractivity contribution is -0.141. The van der Waals surface area contributed by atoms with Gasteiger partial charge in [0.15, 0.2) is 16.6 Å². The zero-order valence-corrected chi connectivity index (χ0v) is 26.3. The minimum absolute atomic E-state index is 0.0363. The zero-order valence-electron chi connectivity index (χ0n) is 24.3. The van der Waals surface area contributed by atoms with Gasteiger partial charge in [-0.15, -0.1) is 0 Å². The van der Waals surface area contributed by atoms with E-state index in [0.29, 0.717) is 12.8 Å². The molecule has 0 rings (SSSR count). The highest BCUT2D eigenvalue weighted by Gasteiger charge is 2.44. The van der Waals surface area contributed by atoms with Crippen molar-refractivity contribution in [1.82, 2.24) is 0 Å². The van der Waals surface area contributed by atoms with Crippen molar-refractivity contribution in [2.45, 2.75) is 141 Å². The van der Waals surface area contributed by atoms with Crippen molar-refractivity contribution in [3.8, 4) is 0 Å². The van der Waals surface area contributed by atoms with Crippen LogP contribution in [0, 0.1) is 0 Å². The Morgan fingerprint density at radius 1 is 0.618 bits per heavy atom. The van der Waals surface area contributed by atoms with Crippen LogP contribution in [-0.4, -0.2) is 55.0 Å². The van der Waals surface area contributed by atoms with Gasteiger partial charge in [-0.1, -0.05) is 54.4 Å². The van der Waals surface area contributed by atoms with Gasteiger partial charge in [0.05, 0.1) is 26.4 Å². The summed E-state index contributed by atoms with van der Waals surface area (Å²) in [6, 6.07) is 0. The van der Waals surface area contributed by atoms with Gasteiger partial charge >= 0.3 is 11.9 Å². The number of rotatable bonds is 15. The summed E-state index contributed by atoms with van der Waals surface area (Å²) < 4.78 is 23.6. The van der Waals surface area contributed by atoms with Gasteiger partial charge in [-0.2, -0.15) is 0 Å². The summed E-state index contributed by atoms with van der Waals surface area (Å²) in [5.74, 6) is -0.336. The average molecular weight is 519 g/mol. The fourth-order valence-electron chi connectivity index (χ4n) is 3.19. The van der Waals surface area contributed by atoms with Crippen molar-refractivity contribution < 1.29 is 27.9 Å². The predicted octanol–water partition coefficient (Wildman–Crippen LogP) is 7.23. The molecule has 202 valence electrons. The van der Waals surface area contributed by atoms with Crippen LogP contribution in [0.5, 0.6) is 0 Å². The van der Waals surface area contributed by atoms with Crippen molar-refractivity contribution in [2.75, 3.05) is 14.2 Å². The van der Waals surface area contributed by atoms with Crippen LogP contribution in [0.25, 0.3) is 0 Å². The van der Waals surface area contributed by atoms with Crippen LogP contribution in [-0.2, 0) is 27.9 Å². The van der Waals surface area contributed by atoms with Gasteiger partial charge in [0.25, 0.3) is 0 Å². The number of unbranched alkanes of at least 4 members (excludes halogenated alkanes) is 2. The lowest BCUT2D eigenvalue weighted by atomic mass is 10.0. The Kier molecular flexibility index (Phi) is 13.8. The first-order valence-corrected chi connectivity index (χ1v) is 18.7. The maximum atomic E-state index is 11.6. The van der Waals surface area contributed by atoms with Gasteiger partial charge in [0, 0.05) is 12.8 Å². The molecule has 0 spiro atoms. The topological polar surface area (TPSA) is 71.1 Å². The summed E-state index contributed by atoms with van der Waals surface area (Å²) in [4.78, 5) is 23.2. The van der Waals surface area contributed by atoms with E-state index < -0.39 is 16.6 Å². The molecule has 6 nitrogen and oxygen atoms in total. The molecule has 0 aliphatic rings. The van der Waals surface area contributed by atoms with Gasteiger partial charge in [-0.25, -0.2) is 0 Å². The maximum Gasteiger partial charge on any atom is 0.305 e. The summed E-state index contributed by atoms with van der Waals surface area (Å²) in [6.45, 7) is 22.7. The Hall–Kier alpha value is -0.706. The summed E-state index contributed by atoms with van der Waals surface area (Å²) in [7, 11) is -1.22. The molecular weight excluding hydrogens is 464 g/mol. The Balaban J connectivity index is 5.75. The molecule has 0 N–H and O–H groups in total. The normalized spacial score (nSPS) is 15.1. The van der Waals surface area contributed by atoms with E-state index in [1.54, 1.807) is 0 Å². The Morgan fingerprint density at radius 3 is 1.15 bits per heavy atom. The van der Waals surface area contributed by atoms with Crippen LogP contribution in [0.3, 0.4) is 0 Å². The van der Waals surface area contributed by atoms with Crippen molar-refractivity contribution in [1.29, 1.82) is 0 Å². The third-order valence-electron chi connectivity index (χ3n) is 7.61. The van der Waals surface area contributed by atoms with Crippen molar-refractivity contribution >= 4 is 28.6 Å². The summed E-state index contributed by atoms with van der Waals surface area (Å²) in [5.41, 5.74) is 0. The summed E-state index contributed by atoms with van der Waals surface area (Å²) >= 11 is 0. The Morgan fingerprint density at radius 2 is 0.912 bits per heavy atom. The van der Waals surface area contributed by atoms with Gasteiger partial charge in [0.2, 0.25) is 0 Å². The van der Waals surface area contributed by atoms with Gasteiger partial charge in [0.1, 0.15) is 0 Å². The van der Waals surface area contributed by atoms with E-state index in [-0.39, 0.29) is 34.2 Å². The zero-order chi connectivity index (χ0) is 26.8. The first-order chi connectivity index (χ1) is 15.4. The summed E-state index contributed by atoms with van der Waals surface area (Å²) in [6.07, 6.45) is 5.79. The molecule has 0 radical (unpaired) electrons. The molecule has 0 aromatic rings. The molecule has 0 unspecified atom stereocenters. The molecule has 0 amide bonds. The quantitative estimate of drug-likeness (QED) is 0.129. The molecule has 8 heteroatoms. The smallest absolute Gasteiger partial charge is 0.305 e. The molecular formula is C26H54O6Si2. The minimum Gasteiger partial charge on any atom is -0.469 e. The van der Waals surface area contributed by atoms with E-state index in [9.17, 15) is 9.59 Å². The van der Waals surface area contributed by atoms with Crippen LogP contribution in [0.15, 0.2) is 0 Å². The minimum atomic E-state index is -2.04. The van der Waals surface area contributed by atoms with E-state index in [1.165, 1.54) is 14.2 Å². The number of hydrogen-bond acceptors (Lipinski definition) is 6. The molecule has 0 aliphatic carbocycles. The van der Waals surface area contributed by atoms with Crippen molar-refractivity contribution in [3.05, 3.63) is 0 Å². The van der Waals surface area contributed by atoms with Crippen LogP contribution in [0.1, 0.15) is 92.9 Å². The highest BCUT2D eigenvalue weighted by atomic mass is 28.4. The fraction of sp³-hybridized carbons (Fsp3) is 0.923. The molecule has 0 bridgehead atoms. The van der Waals surface area contributed by atoms with Crippen LogP contribution in [0.4, 0.5) is 0 Å². The number of esters is 2. The molecule has 0 aromatic carbocycles. The SMILES string of the molecule is COC(=O)CCCC[C@H](O[Si](C)(C)C(C)(C)C)[C@@H](CCCCC(=O)OC)O[Si](C)(C)C(C)(C)C. The van der Waals surface area contributed by atoms with Crippen molar-refractivity contribution in [3.63, 3.8) is 0 Å². The number of ether oxygens (including phenoxy) is 2. The second-order valence-corrected chi connectivity index (χ2v) is 22.0. The molecule has 0 saturated heterocycles.